The number of likely N-dealkylation sites (tertiary alicyclic amines) is 1. The van der Waals surface area contributed by atoms with Crippen LogP contribution in [-0.2, 0) is 28.2 Å². The van der Waals surface area contributed by atoms with Crippen molar-refractivity contribution in [2.24, 2.45) is 0 Å². The minimum atomic E-state index is -0.977. The first-order valence-corrected chi connectivity index (χ1v) is 15.5. The van der Waals surface area contributed by atoms with Crippen molar-refractivity contribution in [2.45, 2.75) is 56.9 Å². The van der Waals surface area contributed by atoms with Crippen LogP contribution in [0.5, 0.6) is 11.5 Å². The fourth-order valence-electron chi connectivity index (χ4n) is 6.57. The minimum absolute atomic E-state index is 0.150. The molecule has 2 saturated heterocycles. The van der Waals surface area contributed by atoms with Gasteiger partial charge in [-0.05, 0) is 81.6 Å². The quantitative estimate of drug-likeness (QED) is 0.220. The third-order valence-corrected chi connectivity index (χ3v) is 9.40. The highest BCUT2D eigenvalue weighted by Crippen LogP contribution is 2.46. The lowest BCUT2D eigenvalue weighted by Crippen LogP contribution is -2.41. The van der Waals surface area contributed by atoms with Crippen molar-refractivity contribution in [1.29, 1.82) is 0 Å². The molecule has 7 rings (SSSR count). The number of fused-ring (bicyclic) bond motifs is 2. The summed E-state index contributed by atoms with van der Waals surface area (Å²) in [5, 5.41) is 0.345. The van der Waals surface area contributed by atoms with E-state index in [1.807, 2.05) is 31.2 Å². The number of nitrogens with zero attached hydrogens (tertiary/aromatic N) is 3. The van der Waals surface area contributed by atoms with Crippen LogP contribution in [0, 0.1) is 5.82 Å². The summed E-state index contributed by atoms with van der Waals surface area (Å²) in [5.41, 5.74) is 2.82. The zero-order chi connectivity index (χ0) is 30.4. The summed E-state index contributed by atoms with van der Waals surface area (Å²) in [4.78, 5) is 19.6. The Morgan fingerprint density at radius 1 is 1.14 bits per heavy atom. The van der Waals surface area contributed by atoms with Crippen molar-refractivity contribution in [3.63, 3.8) is 0 Å². The number of hydrogen-bond acceptors (Lipinski definition) is 7. The molecule has 3 aromatic carbocycles. The average molecular weight is 620 g/mol. The molecular formula is C34H35ClFN3O5. The molecule has 0 radical (unpaired) electrons. The van der Waals surface area contributed by atoms with Gasteiger partial charge in [0.05, 0.1) is 42.9 Å². The second-order valence-corrected chi connectivity index (χ2v) is 12.5. The van der Waals surface area contributed by atoms with Crippen LogP contribution >= 0.6 is 11.6 Å². The number of methoxy groups -OCH3 is 1. The van der Waals surface area contributed by atoms with Gasteiger partial charge < -0.3 is 23.5 Å². The van der Waals surface area contributed by atoms with Crippen LogP contribution in [0.1, 0.15) is 59.4 Å². The number of carbonyl (C=O) groups excluding carboxylic acids is 1. The molecular weight excluding hydrogens is 585 g/mol. The zero-order valence-electron chi connectivity index (χ0n) is 24.9. The molecule has 0 spiro atoms. The Morgan fingerprint density at radius 2 is 1.95 bits per heavy atom. The first-order chi connectivity index (χ1) is 21.3. The van der Waals surface area contributed by atoms with E-state index >= 15 is 0 Å². The van der Waals surface area contributed by atoms with Crippen molar-refractivity contribution >= 4 is 28.6 Å². The summed E-state index contributed by atoms with van der Waals surface area (Å²) in [6.07, 6.45) is 3.03. The van der Waals surface area contributed by atoms with E-state index in [9.17, 15) is 9.18 Å². The van der Waals surface area contributed by atoms with Crippen molar-refractivity contribution in [3.8, 4) is 11.5 Å². The summed E-state index contributed by atoms with van der Waals surface area (Å²) < 4.78 is 40.6. The number of para-hydroxylation sites is 1. The van der Waals surface area contributed by atoms with Crippen LogP contribution < -0.4 is 9.47 Å². The lowest BCUT2D eigenvalue weighted by Gasteiger charge is -2.39. The molecule has 0 bridgehead atoms. The summed E-state index contributed by atoms with van der Waals surface area (Å²) in [6.45, 7) is 6.00. The van der Waals surface area contributed by atoms with Crippen LogP contribution in [0.2, 0.25) is 5.02 Å². The number of esters is 1. The Balaban J connectivity index is 1.09. The van der Waals surface area contributed by atoms with E-state index in [0.717, 1.165) is 61.4 Å². The van der Waals surface area contributed by atoms with E-state index in [4.69, 9.17) is 35.5 Å². The van der Waals surface area contributed by atoms with Crippen molar-refractivity contribution in [1.82, 2.24) is 14.5 Å². The molecule has 0 N–H and O–H groups in total. The highest BCUT2D eigenvalue weighted by molar-refractivity contribution is 6.30. The molecule has 0 amide bonds. The smallest absolute Gasteiger partial charge is 0.337 e. The second-order valence-electron chi connectivity index (χ2n) is 12.1. The first-order valence-electron chi connectivity index (χ1n) is 15.1. The number of halogens is 2. The number of benzene rings is 3. The number of aromatic nitrogens is 2. The van der Waals surface area contributed by atoms with Gasteiger partial charge in [-0.25, -0.2) is 14.2 Å². The first kappa shape index (κ1) is 29.1. The highest BCUT2D eigenvalue weighted by atomic mass is 35.5. The van der Waals surface area contributed by atoms with Gasteiger partial charge in [0, 0.05) is 22.8 Å². The molecule has 2 atom stereocenters. The Bertz CT molecular complexity index is 1710. The number of rotatable bonds is 7. The van der Waals surface area contributed by atoms with E-state index in [1.165, 1.54) is 13.2 Å². The Labute approximate surface area is 260 Å². The molecule has 0 saturated carbocycles. The Kier molecular flexibility index (Phi) is 7.72. The monoisotopic (exact) mass is 619 g/mol. The SMILES string of the molecule is COC(=O)c1ccc2nc(CN3CCC(c4cccc5c4OC(C)(c4ccc(Cl)cc4F)CO5)CC3)n(C[C@@H]3CCO3)c2c1. The van der Waals surface area contributed by atoms with Gasteiger partial charge in [0.15, 0.2) is 17.1 Å². The van der Waals surface area contributed by atoms with E-state index in [-0.39, 0.29) is 24.6 Å². The van der Waals surface area contributed by atoms with Gasteiger partial charge >= 0.3 is 5.97 Å². The topological polar surface area (TPSA) is 75.0 Å². The molecule has 230 valence electrons. The lowest BCUT2D eigenvalue weighted by molar-refractivity contribution is -0.0592. The number of carbonyl (C=O) groups is 1. The van der Waals surface area contributed by atoms with Crippen LogP contribution in [0.3, 0.4) is 0 Å². The predicted octanol–water partition coefficient (Wildman–Crippen LogP) is 6.47. The van der Waals surface area contributed by atoms with Gasteiger partial charge in [0.2, 0.25) is 0 Å². The van der Waals surface area contributed by atoms with Crippen LogP contribution in [0.4, 0.5) is 4.39 Å². The van der Waals surface area contributed by atoms with E-state index in [2.05, 4.69) is 15.5 Å². The van der Waals surface area contributed by atoms with E-state index < -0.39 is 11.4 Å². The lowest BCUT2D eigenvalue weighted by atomic mass is 9.87. The molecule has 0 aliphatic carbocycles. The number of piperidine rings is 1. The molecule has 2 fully saturated rings. The van der Waals surface area contributed by atoms with Gasteiger partial charge in [0.1, 0.15) is 18.2 Å². The third kappa shape index (κ3) is 5.42. The standard InChI is InChI=1S/C34H35ClFN3O5/c1-34(26-8-7-23(35)17-27(26)36)20-43-30-5-3-4-25(32(30)44-34)21-10-13-38(14-11-21)19-31-37-28-9-6-22(33(40)41-2)16-29(28)39(31)18-24-12-15-42-24/h3-9,16-17,21,24H,10-15,18-20H2,1-2H3/t24-,34?/m0/s1. The van der Waals surface area contributed by atoms with Crippen LogP contribution in [-0.4, -0.2) is 59.9 Å². The number of hydrogen-bond donors (Lipinski definition) is 0. The number of imidazole rings is 1. The second kappa shape index (κ2) is 11.7. The maximum Gasteiger partial charge on any atom is 0.337 e. The normalized spacial score (nSPS) is 22.1. The average Bonchev–Trinajstić information content (AvgIpc) is 3.34. The van der Waals surface area contributed by atoms with E-state index in [0.29, 0.717) is 40.7 Å². The van der Waals surface area contributed by atoms with Crippen molar-refractivity contribution in [3.05, 3.63) is 88.0 Å². The molecule has 10 heteroatoms. The third-order valence-electron chi connectivity index (χ3n) is 9.16. The fraction of sp³-hybridized carbons (Fsp3) is 0.412. The maximum absolute atomic E-state index is 14.9. The van der Waals surface area contributed by atoms with Crippen LogP contribution in [0.15, 0.2) is 54.6 Å². The van der Waals surface area contributed by atoms with Gasteiger partial charge in [0.25, 0.3) is 0 Å². The summed E-state index contributed by atoms with van der Waals surface area (Å²) in [6, 6.07) is 16.2. The molecule has 1 aromatic heterocycles. The van der Waals surface area contributed by atoms with Crippen molar-refractivity contribution < 1.29 is 28.1 Å². The molecule has 8 nitrogen and oxygen atoms in total. The largest absolute Gasteiger partial charge is 0.485 e. The molecule has 4 heterocycles. The summed E-state index contributed by atoms with van der Waals surface area (Å²) in [7, 11) is 1.39. The van der Waals surface area contributed by atoms with Gasteiger partial charge in [-0.15, -0.1) is 0 Å². The van der Waals surface area contributed by atoms with Crippen molar-refractivity contribution in [2.75, 3.05) is 33.4 Å². The zero-order valence-corrected chi connectivity index (χ0v) is 25.6. The Morgan fingerprint density at radius 3 is 2.68 bits per heavy atom. The molecule has 3 aliphatic rings. The van der Waals surface area contributed by atoms with Crippen LogP contribution in [0.25, 0.3) is 11.0 Å². The summed E-state index contributed by atoms with van der Waals surface area (Å²) in [5.74, 6) is 1.85. The fourth-order valence-corrected chi connectivity index (χ4v) is 6.73. The van der Waals surface area contributed by atoms with Gasteiger partial charge in [-0.2, -0.15) is 0 Å². The maximum atomic E-state index is 14.9. The Hall–Kier alpha value is -3.66. The number of ether oxygens (including phenoxy) is 4. The highest BCUT2D eigenvalue weighted by Gasteiger charge is 2.39. The van der Waals surface area contributed by atoms with E-state index in [1.54, 1.807) is 18.2 Å². The van der Waals surface area contributed by atoms with Gasteiger partial charge in [-0.3, -0.25) is 4.90 Å². The minimum Gasteiger partial charge on any atom is -0.485 e. The predicted molar refractivity (Wildman–Crippen MR) is 164 cm³/mol. The molecule has 44 heavy (non-hydrogen) atoms. The van der Waals surface area contributed by atoms with Gasteiger partial charge in [-0.1, -0.05) is 29.8 Å². The molecule has 3 aliphatic heterocycles. The summed E-state index contributed by atoms with van der Waals surface area (Å²) >= 11 is 6.01. The molecule has 1 unspecified atom stereocenters. The molecule has 4 aromatic rings.